The molecule has 3 rings (SSSR count). The predicted molar refractivity (Wildman–Crippen MR) is 108 cm³/mol. The van der Waals surface area contributed by atoms with Gasteiger partial charge >= 0.3 is 0 Å². The highest BCUT2D eigenvalue weighted by atomic mass is 32.1. The van der Waals surface area contributed by atoms with Crippen molar-refractivity contribution >= 4 is 38.5 Å². The Bertz CT molecular complexity index is 958. The number of hydrogen-bond acceptors (Lipinski definition) is 5. The molecule has 0 atom stereocenters. The average molecular weight is 383 g/mol. The van der Waals surface area contributed by atoms with Gasteiger partial charge in [-0.05, 0) is 37.1 Å². The molecule has 2 N–H and O–H groups in total. The predicted octanol–water partition coefficient (Wildman–Crippen LogP) is 3.68. The summed E-state index contributed by atoms with van der Waals surface area (Å²) in [7, 11) is 1.51. The van der Waals surface area contributed by atoms with Gasteiger partial charge in [0.2, 0.25) is 5.91 Å². The summed E-state index contributed by atoms with van der Waals surface area (Å²) >= 11 is 1.46. The van der Waals surface area contributed by atoms with Crippen LogP contribution in [-0.4, -0.2) is 30.5 Å². The Balaban J connectivity index is 1.56. The number of aromatic nitrogens is 1. The molecule has 2 amide bonds. The van der Waals surface area contributed by atoms with Crippen molar-refractivity contribution in [3.63, 3.8) is 0 Å². The lowest BCUT2D eigenvalue weighted by molar-refractivity contribution is -0.116. The van der Waals surface area contributed by atoms with Crippen molar-refractivity contribution in [3.05, 3.63) is 53.1 Å². The first-order valence-corrected chi connectivity index (χ1v) is 9.39. The van der Waals surface area contributed by atoms with Gasteiger partial charge in [-0.1, -0.05) is 35.6 Å². The fraction of sp³-hybridized carbons (Fsp3) is 0.250. The number of nitrogens with one attached hydrogen (secondary N) is 2. The lowest BCUT2D eigenvalue weighted by atomic mass is 10.1. The van der Waals surface area contributed by atoms with Crippen LogP contribution in [0.5, 0.6) is 5.75 Å². The van der Waals surface area contributed by atoms with Crippen LogP contribution in [0.4, 0.5) is 5.13 Å². The summed E-state index contributed by atoms with van der Waals surface area (Å²) < 4.78 is 6.25. The van der Waals surface area contributed by atoms with E-state index < -0.39 is 0 Å². The summed E-state index contributed by atoms with van der Waals surface area (Å²) in [4.78, 5) is 28.9. The molecule has 7 heteroatoms. The summed E-state index contributed by atoms with van der Waals surface area (Å²) in [6, 6.07) is 11.0. The third-order valence-corrected chi connectivity index (χ3v) is 5.28. The second-order valence-corrected chi connectivity index (χ2v) is 7.15. The van der Waals surface area contributed by atoms with Crippen LogP contribution in [0.25, 0.3) is 10.2 Å². The van der Waals surface area contributed by atoms with E-state index >= 15 is 0 Å². The van der Waals surface area contributed by atoms with E-state index in [0.717, 1.165) is 21.3 Å². The van der Waals surface area contributed by atoms with Gasteiger partial charge in [0.25, 0.3) is 5.91 Å². The zero-order valence-electron chi connectivity index (χ0n) is 15.5. The third kappa shape index (κ3) is 4.25. The SMILES string of the molecule is COc1ccccc1C(=O)NCCC(=O)Nc1nc2c(C)ccc(C)c2s1. The standard InChI is InChI=1S/C20H21N3O3S/c1-12-8-9-13(2)18-17(12)23-20(27-18)22-16(24)10-11-21-19(25)14-6-4-5-7-15(14)26-3/h4-9H,10-11H2,1-3H3,(H,21,25)(H,22,23,24). The molecule has 0 saturated carbocycles. The number of rotatable bonds is 6. The van der Waals surface area contributed by atoms with E-state index in [9.17, 15) is 9.59 Å². The van der Waals surface area contributed by atoms with Crippen molar-refractivity contribution in [2.75, 3.05) is 19.0 Å². The van der Waals surface area contributed by atoms with Crippen molar-refractivity contribution in [1.29, 1.82) is 0 Å². The Kier molecular flexibility index (Phi) is 5.71. The molecular weight excluding hydrogens is 362 g/mol. The van der Waals surface area contributed by atoms with Crippen LogP contribution < -0.4 is 15.4 Å². The second-order valence-electron chi connectivity index (χ2n) is 6.15. The Morgan fingerprint density at radius 2 is 1.85 bits per heavy atom. The van der Waals surface area contributed by atoms with E-state index in [1.54, 1.807) is 24.3 Å². The number of amides is 2. The molecule has 0 spiro atoms. The summed E-state index contributed by atoms with van der Waals surface area (Å²) in [6.45, 7) is 4.26. The van der Waals surface area contributed by atoms with Gasteiger partial charge in [0, 0.05) is 13.0 Å². The quantitative estimate of drug-likeness (QED) is 0.680. The molecule has 0 bridgehead atoms. The largest absolute Gasteiger partial charge is 0.496 e. The van der Waals surface area contributed by atoms with Gasteiger partial charge in [-0.3, -0.25) is 9.59 Å². The zero-order valence-corrected chi connectivity index (χ0v) is 16.3. The van der Waals surface area contributed by atoms with Crippen molar-refractivity contribution in [2.45, 2.75) is 20.3 Å². The monoisotopic (exact) mass is 383 g/mol. The smallest absolute Gasteiger partial charge is 0.255 e. The first-order valence-electron chi connectivity index (χ1n) is 8.57. The molecule has 27 heavy (non-hydrogen) atoms. The van der Waals surface area contributed by atoms with Crippen molar-refractivity contribution in [3.8, 4) is 5.75 Å². The van der Waals surface area contributed by atoms with Crippen LogP contribution in [0.2, 0.25) is 0 Å². The molecule has 0 radical (unpaired) electrons. The van der Waals surface area contributed by atoms with E-state index in [1.165, 1.54) is 18.4 Å². The third-order valence-electron chi connectivity index (χ3n) is 4.18. The van der Waals surface area contributed by atoms with Gasteiger partial charge in [0.05, 0.1) is 22.9 Å². The number of thiazole rings is 1. The normalized spacial score (nSPS) is 10.6. The lowest BCUT2D eigenvalue weighted by Gasteiger charge is -2.08. The minimum absolute atomic E-state index is 0.161. The molecular formula is C20H21N3O3S. The van der Waals surface area contributed by atoms with E-state index in [4.69, 9.17) is 4.74 Å². The number of nitrogens with zero attached hydrogens (tertiary/aromatic N) is 1. The van der Waals surface area contributed by atoms with Gasteiger partial charge in [0.1, 0.15) is 5.75 Å². The van der Waals surface area contributed by atoms with Crippen LogP contribution in [0, 0.1) is 13.8 Å². The van der Waals surface area contributed by atoms with Crippen LogP contribution in [0.3, 0.4) is 0 Å². The number of methoxy groups -OCH3 is 1. The molecule has 0 saturated heterocycles. The van der Waals surface area contributed by atoms with Crippen LogP contribution in [0.15, 0.2) is 36.4 Å². The number of ether oxygens (including phenoxy) is 1. The highest BCUT2D eigenvalue weighted by molar-refractivity contribution is 7.22. The van der Waals surface area contributed by atoms with E-state index in [-0.39, 0.29) is 24.8 Å². The maximum atomic E-state index is 12.2. The number of para-hydroxylation sites is 1. The average Bonchev–Trinajstić information content (AvgIpc) is 3.09. The number of benzene rings is 2. The van der Waals surface area contributed by atoms with Gasteiger partial charge in [0.15, 0.2) is 5.13 Å². The van der Waals surface area contributed by atoms with Gasteiger partial charge in [-0.2, -0.15) is 0 Å². The molecule has 1 heterocycles. The van der Waals surface area contributed by atoms with Crippen LogP contribution in [0.1, 0.15) is 27.9 Å². The summed E-state index contributed by atoms with van der Waals surface area (Å²) in [6.07, 6.45) is 0.161. The molecule has 0 fully saturated rings. The van der Waals surface area contributed by atoms with Gasteiger partial charge < -0.3 is 15.4 Å². The van der Waals surface area contributed by atoms with Crippen molar-refractivity contribution in [2.24, 2.45) is 0 Å². The molecule has 2 aromatic carbocycles. The van der Waals surface area contributed by atoms with Crippen LogP contribution in [-0.2, 0) is 4.79 Å². The molecule has 140 valence electrons. The fourth-order valence-electron chi connectivity index (χ4n) is 2.71. The van der Waals surface area contributed by atoms with E-state index in [2.05, 4.69) is 21.7 Å². The molecule has 0 unspecified atom stereocenters. The first kappa shape index (κ1) is 18.8. The lowest BCUT2D eigenvalue weighted by Crippen LogP contribution is -2.28. The zero-order chi connectivity index (χ0) is 19.4. The summed E-state index contributed by atoms with van der Waals surface area (Å²) in [5, 5.41) is 6.13. The number of hydrogen-bond donors (Lipinski definition) is 2. The first-order chi connectivity index (χ1) is 13.0. The Hall–Kier alpha value is -2.93. The molecule has 0 aliphatic heterocycles. The maximum Gasteiger partial charge on any atom is 0.255 e. The fourth-order valence-corrected chi connectivity index (χ4v) is 3.74. The molecule has 0 aliphatic rings. The highest BCUT2D eigenvalue weighted by Gasteiger charge is 2.13. The number of carbonyl (C=O) groups excluding carboxylic acids is 2. The number of aryl methyl sites for hydroxylation is 2. The Morgan fingerprint density at radius 1 is 1.11 bits per heavy atom. The number of anilines is 1. The summed E-state index contributed by atoms with van der Waals surface area (Å²) in [5.74, 6) is 0.0378. The molecule has 0 aliphatic carbocycles. The number of fused-ring (bicyclic) bond motifs is 1. The van der Waals surface area contributed by atoms with Gasteiger partial charge in [-0.15, -0.1) is 0 Å². The minimum atomic E-state index is -0.272. The Labute approximate surface area is 161 Å². The highest BCUT2D eigenvalue weighted by Crippen LogP contribution is 2.30. The van der Waals surface area contributed by atoms with E-state index in [1.807, 2.05) is 19.9 Å². The summed E-state index contributed by atoms with van der Waals surface area (Å²) in [5.41, 5.74) is 3.58. The molecule has 6 nitrogen and oxygen atoms in total. The maximum absolute atomic E-state index is 12.2. The van der Waals surface area contributed by atoms with Crippen LogP contribution >= 0.6 is 11.3 Å². The Morgan fingerprint density at radius 3 is 2.59 bits per heavy atom. The van der Waals surface area contributed by atoms with Crippen molar-refractivity contribution < 1.29 is 14.3 Å². The van der Waals surface area contributed by atoms with Gasteiger partial charge in [-0.25, -0.2) is 4.98 Å². The molecule has 3 aromatic rings. The van der Waals surface area contributed by atoms with E-state index in [0.29, 0.717) is 16.4 Å². The van der Waals surface area contributed by atoms with Crippen molar-refractivity contribution in [1.82, 2.24) is 10.3 Å². The topological polar surface area (TPSA) is 80.3 Å². The minimum Gasteiger partial charge on any atom is -0.496 e. The second kappa shape index (κ2) is 8.18. The number of carbonyl (C=O) groups is 2. The molecule has 1 aromatic heterocycles.